The van der Waals surface area contributed by atoms with E-state index >= 15 is 0 Å². The average molecular weight is 414 g/mol. The second-order valence-corrected chi connectivity index (χ2v) is 9.06. The lowest BCUT2D eigenvalue weighted by Crippen LogP contribution is -2.27. The molecule has 0 aliphatic carbocycles. The van der Waals surface area contributed by atoms with Gasteiger partial charge in [-0.2, -0.15) is 0 Å². The third kappa shape index (κ3) is 3.62. The molecule has 1 N–H and O–H groups in total. The van der Waals surface area contributed by atoms with Crippen LogP contribution in [0.1, 0.15) is 11.6 Å². The minimum Gasteiger partial charge on any atom is -0.300 e. The number of tetrazole rings is 1. The lowest BCUT2D eigenvalue weighted by Gasteiger charge is -2.15. The van der Waals surface area contributed by atoms with E-state index in [-0.39, 0.29) is 10.8 Å². The summed E-state index contributed by atoms with van der Waals surface area (Å²) in [6.45, 7) is 0. The first-order chi connectivity index (χ1) is 13.4. The zero-order chi connectivity index (χ0) is 19.7. The fourth-order valence-corrected chi connectivity index (χ4v) is 4.34. The lowest BCUT2D eigenvalue weighted by atomic mass is 10.1. The molecule has 0 fully saturated rings. The number of anilines is 1. The van der Waals surface area contributed by atoms with Gasteiger partial charge in [-0.25, -0.2) is 18.1 Å². The van der Waals surface area contributed by atoms with Crippen molar-refractivity contribution in [1.82, 2.24) is 25.2 Å². The molecule has 0 aliphatic rings. The molecule has 4 rings (SSSR count). The molecule has 2 aromatic carbocycles. The Morgan fingerprint density at radius 1 is 1.18 bits per heavy atom. The Morgan fingerprint density at radius 3 is 2.64 bits per heavy atom. The fourth-order valence-electron chi connectivity index (χ4n) is 2.71. The molecule has 1 amide bonds. The van der Waals surface area contributed by atoms with Crippen LogP contribution in [-0.4, -0.2) is 45.8 Å². The van der Waals surface area contributed by atoms with Crippen LogP contribution in [0.15, 0.2) is 59.8 Å². The Balaban J connectivity index is 1.66. The maximum Gasteiger partial charge on any atom is 0.255 e. The van der Waals surface area contributed by atoms with E-state index in [9.17, 15) is 13.2 Å². The quantitative estimate of drug-likeness (QED) is 0.530. The van der Waals surface area contributed by atoms with Gasteiger partial charge in [-0.05, 0) is 34.2 Å². The van der Waals surface area contributed by atoms with Crippen LogP contribution in [0.3, 0.4) is 0 Å². The number of thiazole rings is 1. The number of benzene rings is 2. The number of hydrogen-bond acceptors (Lipinski definition) is 8. The van der Waals surface area contributed by atoms with Gasteiger partial charge in [0, 0.05) is 6.26 Å². The molecule has 0 saturated carbocycles. The zero-order valence-corrected chi connectivity index (χ0v) is 16.2. The Hall–Kier alpha value is -3.18. The third-order valence-corrected chi connectivity index (χ3v) is 6.06. The van der Waals surface area contributed by atoms with Gasteiger partial charge in [0.1, 0.15) is 6.33 Å². The molecule has 0 bridgehead atoms. The lowest BCUT2D eigenvalue weighted by molar-refractivity contribution is -0.118. The van der Waals surface area contributed by atoms with E-state index in [0.29, 0.717) is 20.9 Å². The predicted molar refractivity (Wildman–Crippen MR) is 104 cm³/mol. The first-order valence-electron chi connectivity index (χ1n) is 8.11. The van der Waals surface area contributed by atoms with Gasteiger partial charge in [0.2, 0.25) is 0 Å². The molecule has 2 aromatic heterocycles. The van der Waals surface area contributed by atoms with Crippen molar-refractivity contribution in [1.29, 1.82) is 0 Å². The summed E-state index contributed by atoms with van der Waals surface area (Å²) in [5.41, 5.74) is 1.32. The summed E-state index contributed by atoms with van der Waals surface area (Å²) >= 11 is 1.20. The molecular formula is C17H14N6O3S2. The van der Waals surface area contributed by atoms with Gasteiger partial charge in [0.25, 0.3) is 5.91 Å². The van der Waals surface area contributed by atoms with Crippen LogP contribution < -0.4 is 5.32 Å². The molecule has 0 unspecified atom stereocenters. The second kappa shape index (κ2) is 7.09. The molecule has 0 saturated heterocycles. The third-order valence-electron chi connectivity index (χ3n) is 4.01. The van der Waals surface area contributed by atoms with Crippen LogP contribution in [0.25, 0.3) is 10.2 Å². The molecule has 11 heteroatoms. The summed E-state index contributed by atoms with van der Waals surface area (Å²) in [5, 5.41) is 14.2. The maximum absolute atomic E-state index is 13.0. The van der Waals surface area contributed by atoms with E-state index in [2.05, 4.69) is 25.8 Å². The van der Waals surface area contributed by atoms with Gasteiger partial charge in [-0.15, -0.1) is 5.10 Å². The Bertz CT molecular complexity index is 1240. The van der Waals surface area contributed by atoms with E-state index in [1.165, 1.54) is 28.4 Å². The van der Waals surface area contributed by atoms with E-state index in [0.717, 1.165) is 6.26 Å². The van der Waals surface area contributed by atoms with Crippen molar-refractivity contribution in [2.45, 2.75) is 10.9 Å². The number of fused-ring (bicyclic) bond motifs is 1. The van der Waals surface area contributed by atoms with Gasteiger partial charge in [0.05, 0.1) is 15.1 Å². The highest BCUT2D eigenvalue weighted by molar-refractivity contribution is 7.90. The number of carbonyl (C=O) groups excluding carboxylic acids is 1. The Kier molecular flexibility index (Phi) is 4.61. The van der Waals surface area contributed by atoms with E-state index in [1.807, 2.05) is 30.3 Å². The van der Waals surface area contributed by atoms with Crippen molar-refractivity contribution >= 4 is 42.4 Å². The molecule has 0 spiro atoms. The van der Waals surface area contributed by atoms with Crippen LogP contribution in [0.5, 0.6) is 0 Å². The highest BCUT2D eigenvalue weighted by atomic mass is 32.2. The van der Waals surface area contributed by atoms with Crippen molar-refractivity contribution in [2.75, 3.05) is 11.6 Å². The number of sulfone groups is 1. The molecule has 2 heterocycles. The van der Waals surface area contributed by atoms with Gasteiger partial charge >= 0.3 is 0 Å². The number of rotatable bonds is 5. The summed E-state index contributed by atoms with van der Waals surface area (Å²) < 4.78 is 25.5. The topological polar surface area (TPSA) is 120 Å². The van der Waals surface area contributed by atoms with Gasteiger partial charge in [0.15, 0.2) is 21.0 Å². The Labute approximate surface area is 164 Å². The molecule has 28 heavy (non-hydrogen) atoms. The summed E-state index contributed by atoms with van der Waals surface area (Å²) in [5.74, 6) is -0.360. The minimum absolute atomic E-state index is 0.206. The molecule has 0 aliphatic heterocycles. The molecule has 4 aromatic rings. The van der Waals surface area contributed by atoms with Gasteiger partial charge < -0.3 is 0 Å². The molecule has 9 nitrogen and oxygen atoms in total. The number of hydrogen-bond donors (Lipinski definition) is 1. The largest absolute Gasteiger partial charge is 0.300 e. The standard InChI is InChI=1S/C17H14N6O3S2/c1-28(25,26)12-7-8-13-14(9-12)27-17(19-13)20-16(24)15(23-10-18-21-22-23)11-5-3-2-4-6-11/h2-10,15H,1H3,(H,19,20,24)/t15-/m1/s1. The highest BCUT2D eigenvalue weighted by Crippen LogP contribution is 2.29. The van der Waals surface area contributed by atoms with Crippen molar-refractivity contribution < 1.29 is 13.2 Å². The van der Waals surface area contributed by atoms with Crippen LogP contribution in [0.2, 0.25) is 0 Å². The number of aromatic nitrogens is 5. The average Bonchev–Trinajstić information content (AvgIpc) is 3.30. The summed E-state index contributed by atoms with van der Waals surface area (Å²) in [7, 11) is -3.32. The summed E-state index contributed by atoms with van der Waals surface area (Å²) in [6, 6.07) is 13.0. The number of nitrogens with one attached hydrogen (secondary N) is 1. The highest BCUT2D eigenvalue weighted by Gasteiger charge is 2.25. The SMILES string of the molecule is CS(=O)(=O)c1ccc2nc(NC(=O)[C@@H](c3ccccc3)n3cnnn3)sc2c1. The van der Waals surface area contributed by atoms with Gasteiger partial charge in [-0.3, -0.25) is 10.1 Å². The number of amides is 1. The molecule has 142 valence electrons. The van der Waals surface area contributed by atoms with Crippen LogP contribution >= 0.6 is 11.3 Å². The van der Waals surface area contributed by atoms with E-state index in [4.69, 9.17) is 0 Å². The maximum atomic E-state index is 13.0. The first kappa shape index (κ1) is 18.2. The molecule has 0 radical (unpaired) electrons. The van der Waals surface area contributed by atoms with Crippen molar-refractivity contribution in [3.05, 3.63) is 60.4 Å². The van der Waals surface area contributed by atoms with Crippen LogP contribution in [0.4, 0.5) is 5.13 Å². The monoisotopic (exact) mass is 414 g/mol. The number of carbonyl (C=O) groups is 1. The number of nitrogens with zero attached hydrogens (tertiary/aromatic N) is 5. The van der Waals surface area contributed by atoms with Crippen molar-refractivity contribution in [3.63, 3.8) is 0 Å². The van der Waals surface area contributed by atoms with Crippen LogP contribution in [-0.2, 0) is 14.6 Å². The summed E-state index contributed by atoms with van der Waals surface area (Å²) in [6.07, 6.45) is 2.52. The molecule has 1 atom stereocenters. The molecular weight excluding hydrogens is 400 g/mol. The summed E-state index contributed by atoms with van der Waals surface area (Å²) in [4.78, 5) is 17.5. The second-order valence-electron chi connectivity index (χ2n) is 6.01. The van der Waals surface area contributed by atoms with E-state index in [1.54, 1.807) is 12.1 Å². The zero-order valence-electron chi connectivity index (χ0n) is 14.6. The smallest absolute Gasteiger partial charge is 0.255 e. The fraction of sp³-hybridized carbons (Fsp3) is 0.118. The van der Waals surface area contributed by atoms with Crippen molar-refractivity contribution in [3.8, 4) is 0 Å². The van der Waals surface area contributed by atoms with Crippen LogP contribution in [0, 0.1) is 0 Å². The first-order valence-corrected chi connectivity index (χ1v) is 10.8. The normalized spacial score (nSPS) is 12.8. The Morgan fingerprint density at radius 2 is 1.96 bits per heavy atom. The van der Waals surface area contributed by atoms with Crippen molar-refractivity contribution in [2.24, 2.45) is 0 Å². The minimum atomic E-state index is -3.32. The van der Waals surface area contributed by atoms with Gasteiger partial charge in [-0.1, -0.05) is 41.7 Å². The predicted octanol–water partition coefficient (Wildman–Crippen LogP) is 1.91. The van der Waals surface area contributed by atoms with E-state index < -0.39 is 15.9 Å².